The molecule has 0 spiro atoms. The van der Waals surface area contributed by atoms with Gasteiger partial charge in [-0.05, 0) is 45.1 Å². The monoisotopic (exact) mass is 315 g/mol. The van der Waals surface area contributed by atoms with E-state index in [1.165, 1.54) is 12.8 Å². The van der Waals surface area contributed by atoms with Gasteiger partial charge in [0.2, 0.25) is 0 Å². The quantitative estimate of drug-likeness (QED) is 0.906. The molecule has 2 rings (SSSR count). The average Bonchev–Trinajstić information content (AvgIpc) is 2.83. The van der Waals surface area contributed by atoms with E-state index in [0.717, 1.165) is 18.7 Å². The van der Waals surface area contributed by atoms with E-state index in [-0.39, 0.29) is 6.04 Å². The molecule has 2 N–H and O–H groups in total. The molecule has 5 heteroatoms. The van der Waals surface area contributed by atoms with Crippen LogP contribution in [0.25, 0.3) is 0 Å². The molecule has 0 bridgehead atoms. The Morgan fingerprint density at radius 2 is 2.15 bits per heavy atom. The maximum atomic E-state index is 6.37. The maximum absolute atomic E-state index is 6.37. The third-order valence-corrected chi connectivity index (χ3v) is 4.80. The van der Waals surface area contributed by atoms with Gasteiger partial charge < -0.3 is 10.6 Å². The molecule has 1 aromatic carbocycles. The van der Waals surface area contributed by atoms with Gasteiger partial charge in [-0.3, -0.25) is 4.90 Å². The van der Waals surface area contributed by atoms with Gasteiger partial charge in [0.1, 0.15) is 0 Å². The molecule has 2 atom stereocenters. The first-order valence-electron chi connectivity index (χ1n) is 7.09. The highest BCUT2D eigenvalue weighted by atomic mass is 35.5. The number of nitrogens with zero attached hydrogens (tertiary/aromatic N) is 2. The van der Waals surface area contributed by atoms with Crippen LogP contribution in [-0.2, 0) is 0 Å². The molecule has 1 saturated heterocycles. The normalized spacial score (nSPS) is 21.6. The van der Waals surface area contributed by atoms with Crippen LogP contribution in [0.1, 0.15) is 24.4 Å². The van der Waals surface area contributed by atoms with Gasteiger partial charge in [-0.25, -0.2) is 0 Å². The Balaban J connectivity index is 2.25. The molecule has 1 aliphatic rings. The number of rotatable bonds is 5. The minimum absolute atomic E-state index is 0.147. The van der Waals surface area contributed by atoms with Gasteiger partial charge in [0.15, 0.2) is 0 Å². The maximum Gasteiger partial charge on any atom is 0.0640 e. The Morgan fingerprint density at radius 3 is 2.80 bits per heavy atom. The summed E-state index contributed by atoms with van der Waals surface area (Å²) in [6, 6.07) is 6.49. The van der Waals surface area contributed by atoms with Crippen LogP contribution in [0.5, 0.6) is 0 Å². The molecule has 20 heavy (non-hydrogen) atoms. The molecular weight excluding hydrogens is 293 g/mol. The molecule has 112 valence electrons. The fourth-order valence-corrected chi connectivity index (χ4v) is 3.54. The van der Waals surface area contributed by atoms with Gasteiger partial charge in [0.05, 0.1) is 10.0 Å². The van der Waals surface area contributed by atoms with Crippen molar-refractivity contribution >= 4 is 23.2 Å². The average molecular weight is 316 g/mol. The SMILES string of the molecule is CN(C)CC1CCCN1C(CN)c1cccc(Cl)c1Cl. The largest absolute Gasteiger partial charge is 0.329 e. The molecule has 2 unspecified atom stereocenters. The van der Waals surface area contributed by atoms with Crippen molar-refractivity contribution in [1.29, 1.82) is 0 Å². The standard InChI is InChI=1S/C15H23Cl2N3/c1-19(2)10-11-5-4-8-20(11)14(9-18)12-6-3-7-13(16)15(12)17/h3,6-7,11,14H,4-5,8-10,18H2,1-2H3. The predicted octanol–water partition coefficient (Wildman–Crippen LogP) is 3.02. The van der Waals surface area contributed by atoms with Crippen molar-refractivity contribution in [2.24, 2.45) is 5.73 Å². The van der Waals surface area contributed by atoms with Gasteiger partial charge in [0.25, 0.3) is 0 Å². The summed E-state index contributed by atoms with van der Waals surface area (Å²) < 4.78 is 0. The highest BCUT2D eigenvalue weighted by molar-refractivity contribution is 6.42. The molecule has 0 amide bonds. The lowest BCUT2D eigenvalue weighted by Crippen LogP contribution is -2.42. The van der Waals surface area contributed by atoms with Crippen LogP contribution in [0.2, 0.25) is 10.0 Å². The first-order chi connectivity index (χ1) is 9.54. The van der Waals surface area contributed by atoms with Crippen molar-refractivity contribution in [3.8, 4) is 0 Å². The van der Waals surface area contributed by atoms with Crippen molar-refractivity contribution in [2.45, 2.75) is 24.9 Å². The summed E-state index contributed by atoms with van der Waals surface area (Å²) in [5.41, 5.74) is 7.09. The first-order valence-corrected chi connectivity index (χ1v) is 7.84. The number of hydrogen-bond donors (Lipinski definition) is 1. The second-order valence-corrected chi connectivity index (χ2v) is 6.48. The Bertz CT molecular complexity index is 451. The number of likely N-dealkylation sites (tertiary alicyclic amines) is 1. The van der Waals surface area contributed by atoms with Gasteiger partial charge in [0, 0.05) is 25.2 Å². The van der Waals surface area contributed by atoms with Gasteiger partial charge in [-0.15, -0.1) is 0 Å². The first kappa shape index (κ1) is 16.1. The van der Waals surface area contributed by atoms with Gasteiger partial charge >= 0.3 is 0 Å². The smallest absolute Gasteiger partial charge is 0.0640 e. The lowest BCUT2D eigenvalue weighted by Gasteiger charge is -2.34. The van der Waals surface area contributed by atoms with Crippen LogP contribution in [0.3, 0.4) is 0 Å². The number of likely N-dealkylation sites (N-methyl/N-ethyl adjacent to an activating group) is 1. The van der Waals surface area contributed by atoms with Crippen molar-refractivity contribution in [3.05, 3.63) is 33.8 Å². The molecular formula is C15H23Cl2N3. The summed E-state index contributed by atoms with van der Waals surface area (Å²) in [5, 5.41) is 1.24. The highest BCUT2D eigenvalue weighted by Gasteiger charge is 2.32. The minimum Gasteiger partial charge on any atom is -0.329 e. The molecule has 0 saturated carbocycles. The van der Waals surface area contributed by atoms with E-state index in [9.17, 15) is 0 Å². The lowest BCUT2D eigenvalue weighted by atomic mass is 10.0. The van der Waals surface area contributed by atoms with Gasteiger partial charge in [-0.2, -0.15) is 0 Å². The van der Waals surface area contributed by atoms with E-state index in [2.05, 4.69) is 23.9 Å². The molecule has 0 aliphatic carbocycles. The molecule has 1 aromatic rings. The molecule has 0 aromatic heterocycles. The van der Waals surface area contributed by atoms with Crippen molar-refractivity contribution < 1.29 is 0 Å². The Hall–Kier alpha value is -0.320. The topological polar surface area (TPSA) is 32.5 Å². The Labute approximate surface area is 131 Å². The van der Waals surface area contributed by atoms with Crippen molar-refractivity contribution in [3.63, 3.8) is 0 Å². The van der Waals surface area contributed by atoms with Crippen LogP contribution in [-0.4, -0.2) is 49.6 Å². The molecule has 0 radical (unpaired) electrons. The van der Waals surface area contributed by atoms with Crippen molar-refractivity contribution in [2.75, 3.05) is 33.7 Å². The minimum atomic E-state index is 0.147. The van der Waals surface area contributed by atoms with E-state index in [1.807, 2.05) is 18.2 Å². The van der Waals surface area contributed by atoms with E-state index in [0.29, 0.717) is 22.6 Å². The fraction of sp³-hybridized carbons (Fsp3) is 0.600. The zero-order valence-electron chi connectivity index (χ0n) is 12.1. The van der Waals surface area contributed by atoms with E-state index in [4.69, 9.17) is 28.9 Å². The van der Waals surface area contributed by atoms with Crippen molar-refractivity contribution in [1.82, 2.24) is 9.80 Å². The van der Waals surface area contributed by atoms with Crippen LogP contribution >= 0.6 is 23.2 Å². The summed E-state index contributed by atoms with van der Waals surface area (Å²) in [5.74, 6) is 0. The summed E-state index contributed by atoms with van der Waals surface area (Å²) >= 11 is 12.5. The predicted molar refractivity (Wildman–Crippen MR) is 86.5 cm³/mol. The molecule has 3 nitrogen and oxygen atoms in total. The summed E-state index contributed by atoms with van der Waals surface area (Å²) in [6.45, 7) is 2.68. The molecule has 1 fully saturated rings. The zero-order valence-corrected chi connectivity index (χ0v) is 13.7. The highest BCUT2D eigenvalue weighted by Crippen LogP contribution is 2.35. The van der Waals surface area contributed by atoms with Crippen LogP contribution in [0.4, 0.5) is 0 Å². The Morgan fingerprint density at radius 1 is 1.40 bits per heavy atom. The number of nitrogens with two attached hydrogens (primary N) is 1. The lowest BCUT2D eigenvalue weighted by molar-refractivity contribution is 0.156. The second-order valence-electron chi connectivity index (χ2n) is 5.69. The van der Waals surface area contributed by atoms with Crippen LogP contribution in [0, 0.1) is 0 Å². The third kappa shape index (κ3) is 3.46. The zero-order chi connectivity index (χ0) is 14.7. The summed E-state index contributed by atoms with van der Waals surface area (Å²) in [6.07, 6.45) is 2.43. The fourth-order valence-electron chi connectivity index (χ4n) is 3.10. The number of hydrogen-bond acceptors (Lipinski definition) is 3. The summed E-state index contributed by atoms with van der Waals surface area (Å²) in [7, 11) is 4.22. The van der Waals surface area contributed by atoms with Crippen LogP contribution < -0.4 is 5.73 Å². The molecule has 1 aliphatic heterocycles. The summed E-state index contributed by atoms with van der Waals surface area (Å²) in [4.78, 5) is 4.72. The van der Waals surface area contributed by atoms with E-state index in [1.54, 1.807) is 0 Å². The number of benzene rings is 1. The van der Waals surface area contributed by atoms with Crippen LogP contribution in [0.15, 0.2) is 18.2 Å². The Kier molecular flexibility index (Phi) is 5.70. The third-order valence-electron chi connectivity index (χ3n) is 3.96. The van der Waals surface area contributed by atoms with E-state index < -0.39 is 0 Å². The number of halogens is 2. The van der Waals surface area contributed by atoms with Gasteiger partial charge in [-0.1, -0.05) is 35.3 Å². The van der Waals surface area contributed by atoms with E-state index >= 15 is 0 Å². The molecule has 1 heterocycles. The second kappa shape index (κ2) is 7.10.